The van der Waals surface area contributed by atoms with Crippen LogP contribution in [0.4, 0.5) is 0 Å². The molecule has 0 aromatic rings. The molecule has 2 unspecified atom stereocenters. The summed E-state index contributed by atoms with van der Waals surface area (Å²) in [7, 11) is 0. The number of hydrogen-bond acceptors (Lipinski definition) is 6. The van der Waals surface area contributed by atoms with Crippen LogP contribution in [0.2, 0.25) is 0 Å². The lowest BCUT2D eigenvalue weighted by Gasteiger charge is -2.21. The van der Waals surface area contributed by atoms with E-state index in [9.17, 15) is 19.5 Å². The maximum absolute atomic E-state index is 11.5. The molecule has 110 valence electrons. The minimum absolute atomic E-state index is 0.114. The van der Waals surface area contributed by atoms with E-state index in [1.165, 1.54) is 13.8 Å². The third kappa shape index (κ3) is 6.19. The summed E-state index contributed by atoms with van der Waals surface area (Å²) in [5.41, 5.74) is -2.14. The lowest BCUT2D eigenvalue weighted by Crippen LogP contribution is -2.41. The van der Waals surface area contributed by atoms with Crippen molar-refractivity contribution in [3.8, 4) is 0 Å². The Balaban J connectivity index is 4.31. The molecule has 0 aliphatic heterocycles. The van der Waals surface area contributed by atoms with Crippen LogP contribution in [0.5, 0.6) is 0 Å². The predicted octanol–water partition coefficient (Wildman–Crippen LogP) is 0.487. The molecule has 0 radical (unpaired) electrons. The molecule has 0 aromatic heterocycles. The quantitative estimate of drug-likeness (QED) is 0.620. The Morgan fingerprint density at radius 2 is 1.79 bits per heavy atom. The van der Waals surface area contributed by atoms with Crippen LogP contribution in [0.15, 0.2) is 0 Å². The molecule has 0 spiro atoms. The Labute approximate surface area is 111 Å². The van der Waals surface area contributed by atoms with Gasteiger partial charge in [0, 0.05) is 0 Å². The molecule has 7 heteroatoms. The van der Waals surface area contributed by atoms with E-state index in [2.05, 4.69) is 4.74 Å². The van der Waals surface area contributed by atoms with Crippen molar-refractivity contribution in [2.45, 2.75) is 51.7 Å². The Morgan fingerprint density at radius 1 is 1.21 bits per heavy atom. The van der Waals surface area contributed by atoms with Gasteiger partial charge in [-0.3, -0.25) is 9.59 Å². The van der Waals surface area contributed by atoms with Gasteiger partial charge in [0.05, 0.1) is 19.4 Å². The van der Waals surface area contributed by atoms with Gasteiger partial charge in [0.2, 0.25) is 0 Å². The molecule has 0 saturated carbocycles. The maximum Gasteiger partial charge on any atom is 0.336 e. The Hall–Kier alpha value is -1.63. The average molecular weight is 276 g/mol. The first-order chi connectivity index (χ1) is 8.75. The first-order valence-corrected chi connectivity index (χ1v) is 6.06. The summed E-state index contributed by atoms with van der Waals surface area (Å²) in [5.74, 6) is -2.86. The van der Waals surface area contributed by atoms with E-state index in [1.807, 2.05) is 0 Å². The van der Waals surface area contributed by atoms with Crippen LogP contribution < -0.4 is 0 Å². The average Bonchev–Trinajstić information content (AvgIpc) is 2.27. The highest BCUT2D eigenvalue weighted by Crippen LogP contribution is 2.17. The lowest BCUT2D eigenvalue weighted by atomic mass is 9.97. The topological polar surface area (TPSA) is 110 Å². The van der Waals surface area contributed by atoms with Crippen LogP contribution in [0.3, 0.4) is 0 Å². The first-order valence-electron chi connectivity index (χ1n) is 6.06. The molecular weight excluding hydrogens is 256 g/mol. The van der Waals surface area contributed by atoms with Gasteiger partial charge in [0.1, 0.15) is 6.10 Å². The summed E-state index contributed by atoms with van der Waals surface area (Å²) in [5, 5.41) is 18.5. The SMILES string of the molecule is CCOC(=O)CC(C)OC(=O)CC(O)(CC)C(=O)O. The fourth-order valence-electron chi connectivity index (χ4n) is 1.35. The van der Waals surface area contributed by atoms with E-state index in [4.69, 9.17) is 9.84 Å². The smallest absolute Gasteiger partial charge is 0.336 e. The molecule has 0 amide bonds. The molecular formula is C12H20O7. The van der Waals surface area contributed by atoms with Crippen molar-refractivity contribution in [3.63, 3.8) is 0 Å². The zero-order valence-corrected chi connectivity index (χ0v) is 11.3. The van der Waals surface area contributed by atoms with E-state index >= 15 is 0 Å². The van der Waals surface area contributed by atoms with Crippen LogP contribution in [-0.2, 0) is 23.9 Å². The summed E-state index contributed by atoms with van der Waals surface area (Å²) in [6.45, 7) is 4.82. The van der Waals surface area contributed by atoms with Crippen molar-refractivity contribution in [1.29, 1.82) is 0 Å². The third-order valence-corrected chi connectivity index (χ3v) is 2.51. The molecule has 0 rings (SSSR count). The number of carbonyl (C=O) groups excluding carboxylic acids is 2. The number of carboxylic acids is 1. The number of hydrogen-bond donors (Lipinski definition) is 2. The van der Waals surface area contributed by atoms with Gasteiger partial charge in [-0.1, -0.05) is 6.92 Å². The molecule has 19 heavy (non-hydrogen) atoms. The van der Waals surface area contributed by atoms with E-state index in [-0.39, 0.29) is 19.4 Å². The normalized spacial score (nSPS) is 15.2. The summed E-state index contributed by atoms with van der Waals surface area (Å²) in [6, 6.07) is 0. The fraction of sp³-hybridized carbons (Fsp3) is 0.750. The first kappa shape index (κ1) is 17.4. The second kappa shape index (κ2) is 7.73. The van der Waals surface area contributed by atoms with Gasteiger partial charge < -0.3 is 19.7 Å². The van der Waals surface area contributed by atoms with E-state index in [0.717, 1.165) is 0 Å². The largest absolute Gasteiger partial charge is 0.479 e. The summed E-state index contributed by atoms with van der Waals surface area (Å²) >= 11 is 0. The Morgan fingerprint density at radius 3 is 2.21 bits per heavy atom. The highest BCUT2D eigenvalue weighted by atomic mass is 16.6. The van der Waals surface area contributed by atoms with E-state index in [1.54, 1.807) is 6.92 Å². The fourth-order valence-corrected chi connectivity index (χ4v) is 1.35. The monoisotopic (exact) mass is 276 g/mol. The predicted molar refractivity (Wildman–Crippen MR) is 64.3 cm³/mol. The van der Waals surface area contributed by atoms with Gasteiger partial charge in [0.25, 0.3) is 0 Å². The molecule has 0 saturated heterocycles. The number of rotatable bonds is 8. The molecule has 2 atom stereocenters. The summed E-state index contributed by atoms with van der Waals surface area (Å²) in [4.78, 5) is 33.4. The highest BCUT2D eigenvalue weighted by molar-refractivity contribution is 5.84. The summed E-state index contributed by atoms with van der Waals surface area (Å²) in [6.07, 6.45) is -1.63. The zero-order chi connectivity index (χ0) is 15.1. The van der Waals surface area contributed by atoms with Crippen LogP contribution >= 0.6 is 0 Å². The third-order valence-electron chi connectivity index (χ3n) is 2.51. The molecule has 0 aliphatic carbocycles. The van der Waals surface area contributed by atoms with Crippen molar-refractivity contribution in [1.82, 2.24) is 0 Å². The van der Waals surface area contributed by atoms with Crippen LogP contribution in [0.25, 0.3) is 0 Å². The van der Waals surface area contributed by atoms with Gasteiger partial charge in [-0.05, 0) is 20.3 Å². The second-order valence-corrected chi connectivity index (χ2v) is 4.18. The number of aliphatic hydroxyl groups is 1. The van der Waals surface area contributed by atoms with Crippen molar-refractivity contribution in [2.24, 2.45) is 0 Å². The molecule has 0 aliphatic rings. The minimum Gasteiger partial charge on any atom is -0.479 e. The molecule has 0 fully saturated rings. The van der Waals surface area contributed by atoms with Gasteiger partial charge in [0.15, 0.2) is 5.60 Å². The number of carbonyl (C=O) groups is 3. The van der Waals surface area contributed by atoms with Crippen molar-refractivity contribution < 1.29 is 34.1 Å². The molecule has 0 bridgehead atoms. The van der Waals surface area contributed by atoms with E-state index < -0.39 is 36.0 Å². The van der Waals surface area contributed by atoms with Crippen LogP contribution in [0, 0.1) is 0 Å². The van der Waals surface area contributed by atoms with Gasteiger partial charge in [-0.15, -0.1) is 0 Å². The Bertz CT molecular complexity index is 339. The lowest BCUT2D eigenvalue weighted by molar-refractivity contribution is -0.170. The molecule has 7 nitrogen and oxygen atoms in total. The minimum atomic E-state index is -2.14. The van der Waals surface area contributed by atoms with Crippen LogP contribution in [0.1, 0.15) is 40.0 Å². The number of carboxylic acid groups (broad SMARTS) is 1. The van der Waals surface area contributed by atoms with E-state index in [0.29, 0.717) is 0 Å². The van der Waals surface area contributed by atoms with Gasteiger partial charge >= 0.3 is 17.9 Å². The van der Waals surface area contributed by atoms with Gasteiger partial charge in [-0.2, -0.15) is 0 Å². The standard InChI is InChI=1S/C12H20O7/c1-4-12(17,11(15)16)7-10(14)19-8(3)6-9(13)18-5-2/h8,17H,4-7H2,1-3H3,(H,15,16). The van der Waals surface area contributed by atoms with Gasteiger partial charge in [-0.25, -0.2) is 4.79 Å². The number of ether oxygens (including phenoxy) is 2. The van der Waals surface area contributed by atoms with Crippen molar-refractivity contribution >= 4 is 17.9 Å². The molecule has 2 N–H and O–H groups in total. The highest BCUT2D eigenvalue weighted by Gasteiger charge is 2.37. The summed E-state index contributed by atoms with van der Waals surface area (Å²) < 4.78 is 9.53. The number of aliphatic carboxylic acids is 1. The Kier molecular flexibility index (Phi) is 7.06. The van der Waals surface area contributed by atoms with Crippen molar-refractivity contribution in [2.75, 3.05) is 6.61 Å². The number of esters is 2. The van der Waals surface area contributed by atoms with Crippen LogP contribution in [-0.4, -0.2) is 46.4 Å². The zero-order valence-electron chi connectivity index (χ0n) is 11.3. The maximum atomic E-state index is 11.5. The molecule has 0 heterocycles. The molecule has 0 aromatic carbocycles. The second-order valence-electron chi connectivity index (χ2n) is 4.18. The van der Waals surface area contributed by atoms with Crippen molar-refractivity contribution in [3.05, 3.63) is 0 Å².